The van der Waals surface area contributed by atoms with Crippen molar-refractivity contribution in [1.82, 2.24) is 4.90 Å². The summed E-state index contributed by atoms with van der Waals surface area (Å²) in [5.41, 5.74) is 2.00. The van der Waals surface area contributed by atoms with Gasteiger partial charge in [0.2, 0.25) is 0 Å². The molecule has 29 heavy (non-hydrogen) atoms. The Morgan fingerprint density at radius 2 is 1.86 bits per heavy atom. The molecule has 2 aromatic carbocycles. The highest BCUT2D eigenvalue weighted by atomic mass is 32.2. The van der Waals surface area contributed by atoms with Crippen LogP contribution >= 0.6 is 11.8 Å². The Kier molecular flexibility index (Phi) is 5.48. The maximum Gasteiger partial charge on any atom is 0.277 e. The predicted molar refractivity (Wildman–Crippen MR) is 104 cm³/mol. The highest BCUT2D eigenvalue weighted by Gasteiger charge is 2.34. The summed E-state index contributed by atoms with van der Waals surface area (Å²) in [7, 11) is 0. The monoisotopic (exact) mass is 422 g/mol. The van der Waals surface area contributed by atoms with Gasteiger partial charge >= 0.3 is 0 Å². The van der Waals surface area contributed by atoms with Crippen LogP contribution in [0.3, 0.4) is 0 Å². The predicted octanol–water partition coefficient (Wildman–Crippen LogP) is 5.06. The molecule has 0 saturated carbocycles. The Morgan fingerprint density at radius 3 is 2.59 bits per heavy atom. The standard InChI is InChI=1S/C21H18F4N2OS/c22-15-8-16-17(10-26-20(16)28)19(9-15)29-12-13-1-2-14(18(23)7-13)11-27-5-3-21(24,25)4-6-27/h1-2,7-10H,3-6,11-12H2. The molecule has 8 heteroatoms. The van der Waals surface area contributed by atoms with Gasteiger partial charge in [-0.3, -0.25) is 9.69 Å². The van der Waals surface area contributed by atoms with Crippen LogP contribution in [-0.4, -0.2) is 36.0 Å². The second kappa shape index (κ2) is 7.91. The van der Waals surface area contributed by atoms with Gasteiger partial charge < -0.3 is 0 Å². The zero-order valence-corrected chi connectivity index (χ0v) is 16.2. The minimum Gasteiger partial charge on any atom is -0.299 e. The molecule has 0 radical (unpaired) electrons. The van der Waals surface area contributed by atoms with Crippen LogP contribution in [0.2, 0.25) is 0 Å². The number of fused-ring (bicyclic) bond motifs is 1. The molecule has 2 heterocycles. The van der Waals surface area contributed by atoms with Crippen LogP contribution in [0.4, 0.5) is 17.6 Å². The number of likely N-dealkylation sites (tertiary alicyclic amines) is 1. The van der Waals surface area contributed by atoms with Gasteiger partial charge in [0.1, 0.15) is 11.6 Å². The van der Waals surface area contributed by atoms with Crippen LogP contribution in [0.15, 0.2) is 40.2 Å². The summed E-state index contributed by atoms with van der Waals surface area (Å²) >= 11 is 1.30. The minimum absolute atomic E-state index is 0.201. The molecule has 0 unspecified atom stereocenters. The van der Waals surface area contributed by atoms with Crippen molar-refractivity contribution in [2.24, 2.45) is 4.99 Å². The lowest BCUT2D eigenvalue weighted by molar-refractivity contribution is -0.0567. The van der Waals surface area contributed by atoms with Gasteiger partial charge in [-0.25, -0.2) is 22.6 Å². The van der Waals surface area contributed by atoms with E-state index in [1.165, 1.54) is 36.2 Å². The average Bonchev–Trinajstić information content (AvgIpc) is 3.04. The average molecular weight is 422 g/mol. The van der Waals surface area contributed by atoms with Crippen LogP contribution in [0.25, 0.3) is 0 Å². The Morgan fingerprint density at radius 1 is 1.10 bits per heavy atom. The topological polar surface area (TPSA) is 32.7 Å². The Hall–Kier alpha value is -2.19. The molecule has 0 atom stereocenters. The number of aliphatic imine (C=N–C) groups is 1. The van der Waals surface area contributed by atoms with Gasteiger partial charge in [0, 0.05) is 60.5 Å². The molecule has 152 valence electrons. The number of thioether (sulfide) groups is 1. The number of halogens is 4. The molecule has 2 aromatic rings. The van der Waals surface area contributed by atoms with Gasteiger partial charge in [-0.2, -0.15) is 0 Å². The summed E-state index contributed by atoms with van der Waals surface area (Å²) < 4.78 is 54.8. The molecule has 0 aromatic heterocycles. The zero-order chi connectivity index (χ0) is 20.6. The first kappa shape index (κ1) is 20.1. The van der Waals surface area contributed by atoms with Gasteiger partial charge in [-0.1, -0.05) is 12.1 Å². The van der Waals surface area contributed by atoms with Crippen molar-refractivity contribution in [2.75, 3.05) is 13.1 Å². The fraction of sp³-hybridized carbons (Fsp3) is 0.333. The van der Waals surface area contributed by atoms with E-state index in [0.717, 1.165) is 0 Å². The molecule has 4 rings (SSSR count). The van der Waals surface area contributed by atoms with E-state index in [4.69, 9.17) is 0 Å². The van der Waals surface area contributed by atoms with Gasteiger partial charge in [0.25, 0.3) is 11.8 Å². The number of alkyl halides is 2. The molecule has 0 aliphatic carbocycles. The molecule has 2 aliphatic heterocycles. The Labute approximate surface area is 169 Å². The van der Waals surface area contributed by atoms with E-state index >= 15 is 0 Å². The third kappa shape index (κ3) is 4.53. The molecule has 2 aliphatic rings. The first-order valence-corrected chi connectivity index (χ1v) is 10.2. The number of carbonyl (C=O) groups is 1. The third-order valence-corrected chi connectivity index (χ3v) is 6.27. The molecule has 3 nitrogen and oxygen atoms in total. The molecular weight excluding hydrogens is 404 g/mol. The Bertz CT molecular complexity index is 983. The molecular formula is C21H18F4N2OS. The van der Waals surface area contributed by atoms with Crippen LogP contribution < -0.4 is 0 Å². The van der Waals surface area contributed by atoms with E-state index in [0.29, 0.717) is 33.9 Å². The number of piperidine rings is 1. The quantitative estimate of drug-likeness (QED) is 0.499. The van der Waals surface area contributed by atoms with E-state index in [-0.39, 0.29) is 37.3 Å². The molecule has 0 N–H and O–H groups in total. The summed E-state index contributed by atoms with van der Waals surface area (Å²) in [6.07, 6.45) is 1.02. The Balaban J connectivity index is 1.41. The molecule has 0 spiro atoms. The summed E-state index contributed by atoms with van der Waals surface area (Å²) in [6.45, 7) is 0.787. The normalized spacial score (nSPS) is 18.3. The van der Waals surface area contributed by atoms with Gasteiger partial charge in [-0.05, 0) is 23.8 Å². The van der Waals surface area contributed by atoms with Crippen molar-refractivity contribution in [1.29, 1.82) is 0 Å². The SMILES string of the molecule is O=C1N=Cc2c(SCc3ccc(CN4CCC(F)(F)CC4)c(F)c3)cc(F)cc21. The first-order valence-electron chi connectivity index (χ1n) is 9.23. The number of rotatable bonds is 5. The molecule has 1 amide bonds. The third-order valence-electron chi connectivity index (χ3n) is 5.14. The second-order valence-corrected chi connectivity index (χ2v) is 8.29. The number of carbonyl (C=O) groups excluding carboxylic acids is 1. The summed E-state index contributed by atoms with van der Waals surface area (Å²) in [5, 5.41) is 0. The van der Waals surface area contributed by atoms with Crippen molar-refractivity contribution in [3.63, 3.8) is 0 Å². The first-order chi connectivity index (χ1) is 13.8. The maximum absolute atomic E-state index is 14.5. The zero-order valence-electron chi connectivity index (χ0n) is 15.4. The van der Waals surface area contributed by atoms with Crippen molar-refractivity contribution in [2.45, 2.75) is 36.0 Å². The van der Waals surface area contributed by atoms with Crippen molar-refractivity contribution in [3.05, 3.63) is 64.2 Å². The van der Waals surface area contributed by atoms with Gasteiger partial charge in [-0.15, -0.1) is 11.8 Å². The largest absolute Gasteiger partial charge is 0.299 e. The molecule has 0 bridgehead atoms. The van der Waals surface area contributed by atoms with E-state index in [1.807, 2.05) is 4.90 Å². The second-order valence-electron chi connectivity index (χ2n) is 7.28. The van der Waals surface area contributed by atoms with E-state index in [9.17, 15) is 22.4 Å². The summed E-state index contributed by atoms with van der Waals surface area (Å²) in [5.74, 6) is -3.60. The number of benzene rings is 2. The van der Waals surface area contributed by atoms with Crippen molar-refractivity contribution < 1.29 is 22.4 Å². The number of hydrogen-bond acceptors (Lipinski definition) is 3. The van der Waals surface area contributed by atoms with Crippen LogP contribution in [0.1, 0.15) is 39.9 Å². The highest BCUT2D eigenvalue weighted by Crippen LogP contribution is 2.32. The summed E-state index contributed by atoms with van der Waals surface area (Å²) in [6, 6.07) is 7.37. The fourth-order valence-corrected chi connectivity index (χ4v) is 4.48. The van der Waals surface area contributed by atoms with Crippen LogP contribution in [-0.2, 0) is 12.3 Å². The van der Waals surface area contributed by atoms with Gasteiger partial charge in [0.15, 0.2) is 0 Å². The lowest BCUT2D eigenvalue weighted by Crippen LogP contribution is -2.38. The molecule has 1 fully saturated rings. The minimum atomic E-state index is -2.62. The maximum atomic E-state index is 14.5. The summed E-state index contributed by atoms with van der Waals surface area (Å²) in [4.78, 5) is 17.8. The van der Waals surface area contributed by atoms with Crippen LogP contribution in [0, 0.1) is 11.6 Å². The van der Waals surface area contributed by atoms with E-state index < -0.39 is 17.6 Å². The smallest absolute Gasteiger partial charge is 0.277 e. The van der Waals surface area contributed by atoms with Crippen LogP contribution in [0.5, 0.6) is 0 Å². The fourth-order valence-electron chi connectivity index (χ4n) is 3.46. The van der Waals surface area contributed by atoms with Crippen molar-refractivity contribution >= 4 is 23.9 Å². The van der Waals surface area contributed by atoms with Crippen molar-refractivity contribution in [3.8, 4) is 0 Å². The number of hydrogen-bond donors (Lipinski definition) is 0. The highest BCUT2D eigenvalue weighted by molar-refractivity contribution is 7.98. The molecule has 1 saturated heterocycles. The van der Waals surface area contributed by atoms with E-state index in [1.54, 1.807) is 12.1 Å². The number of nitrogens with zero attached hydrogens (tertiary/aromatic N) is 2. The van der Waals surface area contributed by atoms with E-state index in [2.05, 4.69) is 4.99 Å². The number of amides is 1. The van der Waals surface area contributed by atoms with Gasteiger partial charge in [0.05, 0.1) is 5.56 Å². The lowest BCUT2D eigenvalue weighted by atomic mass is 10.1. The lowest BCUT2D eigenvalue weighted by Gasteiger charge is -2.31.